The number of aliphatic hydroxyl groups is 1. The van der Waals surface area contributed by atoms with Crippen molar-refractivity contribution in [2.24, 2.45) is 0 Å². The molecular formula is C13H25NO4. The van der Waals surface area contributed by atoms with E-state index in [0.29, 0.717) is 26.0 Å². The van der Waals surface area contributed by atoms with Crippen LogP contribution in [0.2, 0.25) is 0 Å². The third kappa shape index (κ3) is 3.43. The molecule has 106 valence electrons. The van der Waals surface area contributed by atoms with Crippen LogP contribution in [0.15, 0.2) is 0 Å². The molecule has 1 heterocycles. The van der Waals surface area contributed by atoms with Crippen LogP contribution in [0.25, 0.3) is 0 Å². The molecule has 2 N–H and O–H groups in total. The van der Waals surface area contributed by atoms with Gasteiger partial charge < -0.3 is 14.9 Å². The molecule has 0 radical (unpaired) electrons. The number of carbonyl (C=O) groups is 1. The highest BCUT2D eigenvalue weighted by molar-refractivity contribution is 5.79. The van der Waals surface area contributed by atoms with Gasteiger partial charge in [-0.2, -0.15) is 0 Å². The first-order chi connectivity index (χ1) is 8.56. The van der Waals surface area contributed by atoms with Crippen molar-refractivity contribution in [3.8, 4) is 0 Å². The average molecular weight is 259 g/mol. The normalized spacial score (nSPS) is 26.4. The summed E-state index contributed by atoms with van der Waals surface area (Å²) in [5.41, 5.74) is -0.776. The van der Waals surface area contributed by atoms with Gasteiger partial charge in [-0.1, -0.05) is 13.3 Å². The molecule has 18 heavy (non-hydrogen) atoms. The topological polar surface area (TPSA) is 70.0 Å². The number of aliphatic carboxylic acids is 1. The van der Waals surface area contributed by atoms with Gasteiger partial charge in [-0.25, -0.2) is 0 Å². The number of rotatable bonds is 8. The van der Waals surface area contributed by atoms with E-state index in [9.17, 15) is 15.0 Å². The molecule has 0 aromatic heterocycles. The fourth-order valence-corrected chi connectivity index (χ4v) is 2.81. The van der Waals surface area contributed by atoms with Crippen LogP contribution in [0.5, 0.6) is 0 Å². The number of β-amino-alcohol motifs (C(OH)–C–C–N with tert-alkyl or cyclic N) is 1. The van der Waals surface area contributed by atoms with Gasteiger partial charge in [0, 0.05) is 13.2 Å². The molecule has 0 aromatic carbocycles. The zero-order valence-electron chi connectivity index (χ0n) is 11.4. The van der Waals surface area contributed by atoms with E-state index in [4.69, 9.17) is 4.74 Å². The summed E-state index contributed by atoms with van der Waals surface area (Å²) < 4.78 is 5.17. The highest BCUT2D eigenvalue weighted by Gasteiger charge is 2.47. The second-order valence-electron chi connectivity index (χ2n) is 4.95. The van der Waals surface area contributed by atoms with Crippen molar-refractivity contribution in [1.82, 2.24) is 4.90 Å². The Bertz CT molecular complexity index is 272. The SMILES string of the molecule is CCCC1(C(=O)O)CCCN1CC(O)COCC. The van der Waals surface area contributed by atoms with Crippen LogP contribution in [0.3, 0.4) is 0 Å². The standard InChI is InChI=1S/C13H25NO4/c1-3-6-13(12(16)17)7-5-8-14(13)9-11(15)10-18-4-2/h11,15H,3-10H2,1-2H3,(H,16,17). The number of carboxylic acids is 1. The summed E-state index contributed by atoms with van der Waals surface area (Å²) in [7, 11) is 0. The summed E-state index contributed by atoms with van der Waals surface area (Å²) in [4.78, 5) is 13.5. The molecule has 1 aliphatic rings. The van der Waals surface area contributed by atoms with Crippen molar-refractivity contribution >= 4 is 5.97 Å². The van der Waals surface area contributed by atoms with E-state index in [0.717, 1.165) is 19.4 Å². The zero-order valence-corrected chi connectivity index (χ0v) is 11.4. The fraction of sp³-hybridized carbons (Fsp3) is 0.923. The lowest BCUT2D eigenvalue weighted by molar-refractivity contribution is -0.151. The minimum atomic E-state index is -0.776. The minimum absolute atomic E-state index is 0.273. The van der Waals surface area contributed by atoms with Crippen LogP contribution in [0, 0.1) is 0 Å². The van der Waals surface area contributed by atoms with Crippen LogP contribution < -0.4 is 0 Å². The van der Waals surface area contributed by atoms with E-state index in [-0.39, 0.29) is 6.61 Å². The molecule has 2 atom stereocenters. The van der Waals surface area contributed by atoms with E-state index in [1.807, 2.05) is 18.7 Å². The number of aliphatic hydroxyl groups excluding tert-OH is 1. The summed E-state index contributed by atoms with van der Waals surface area (Å²) >= 11 is 0. The van der Waals surface area contributed by atoms with E-state index in [1.165, 1.54) is 0 Å². The fourth-order valence-electron chi connectivity index (χ4n) is 2.81. The number of carboxylic acid groups (broad SMARTS) is 1. The van der Waals surface area contributed by atoms with Gasteiger partial charge in [-0.3, -0.25) is 9.69 Å². The highest BCUT2D eigenvalue weighted by Crippen LogP contribution is 2.34. The van der Waals surface area contributed by atoms with Gasteiger partial charge in [0.05, 0.1) is 12.7 Å². The predicted octanol–water partition coefficient (Wildman–Crippen LogP) is 1.10. The van der Waals surface area contributed by atoms with Crippen molar-refractivity contribution in [2.45, 2.75) is 51.2 Å². The summed E-state index contributed by atoms with van der Waals surface area (Å²) in [6.07, 6.45) is 2.43. The maximum absolute atomic E-state index is 11.6. The molecular weight excluding hydrogens is 234 g/mol. The maximum Gasteiger partial charge on any atom is 0.324 e. The summed E-state index contributed by atoms with van der Waals surface area (Å²) in [5.74, 6) is -0.759. The lowest BCUT2D eigenvalue weighted by Gasteiger charge is -2.35. The zero-order chi connectivity index (χ0) is 13.6. The minimum Gasteiger partial charge on any atom is -0.480 e. The van der Waals surface area contributed by atoms with Crippen LogP contribution >= 0.6 is 0 Å². The molecule has 0 aromatic rings. The van der Waals surface area contributed by atoms with Crippen molar-refractivity contribution in [3.63, 3.8) is 0 Å². The second-order valence-corrected chi connectivity index (χ2v) is 4.95. The van der Waals surface area contributed by atoms with Crippen LogP contribution in [0.4, 0.5) is 0 Å². The number of likely N-dealkylation sites (tertiary alicyclic amines) is 1. The number of hydrogen-bond acceptors (Lipinski definition) is 4. The Morgan fingerprint density at radius 1 is 1.50 bits per heavy atom. The molecule has 1 aliphatic heterocycles. The smallest absolute Gasteiger partial charge is 0.324 e. The van der Waals surface area contributed by atoms with Crippen molar-refractivity contribution in [2.75, 3.05) is 26.3 Å². The Balaban J connectivity index is 2.64. The van der Waals surface area contributed by atoms with Gasteiger partial charge in [0.1, 0.15) is 5.54 Å². The molecule has 0 bridgehead atoms. The van der Waals surface area contributed by atoms with Crippen molar-refractivity contribution < 1.29 is 19.7 Å². The third-order valence-electron chi connectivity index (χ3n) is 3.63. The molecule has 0 aliphatic carbocycles. The number of hydrogen-bond donors (Lipinski definition) is 2. The van der Waals surface area contributed by atoms with Crippen molar-refractivity contribution in [3.05, 3.63) is 0 Å². The van der Waals surface area contributed by atoms with Gasteiger partial charge in [-0.05, 0) is 32.7 Å². The molecule has 0 saturated carbocycles. The molecule has 1 saturated heterocycles. The summed E-state index contributed by atoms with van der Waals surface area (Å²) in [6, 6.07) is 0. The lowest BCUT2D eigenvalue weighted by atomic mass is 9.90. The molecule has 5 heteroatoms. The van der Waals surface area contributed by atoms with Gasteiger partial charge in [0.2, 0.25) is 0 Å². The Morgan fingerprint density at radius 2 is 2.22 bits per heavy atom. The van der Waals surface area contributed by atoms with Gasteiger partial charge in [0.15, 0.2) is 0 Å². The second kappa shape index (κ2) is 7.07. The van der Waals surface area contributed by atoms with Gasteiger partial charge in [-0.15, -0.1) is 0 Å². The van der Waals surface area contributed by atoms with Crippen molar-refractivity contribution in [1.29, 1.82) is 0 Å². The van der Waals surface area contributed by atoms with Gasteiger partial charge in [0.25, 0.3) is 0 Å². The monoisotopic (exact) mass is 259 g/mol. The maximum atomic E-state index is 11.6. The Kier molecular flexibility index (Phi) is 6.05. The van der Waals surface area contributed by atoms with E-state index >= 15 is 0 Å². The van der Waals surface area contributed by atoms with Gasteiger partial charge >= 0.3 is 5.97 Å². The Hall–Kier alpha value is -0.650. The predicted molar refractivity (Wildman–Crippen MR) is 68.6 cm³/mol. The molecule has 1 fully saturated rings. The Labute approximate surface area is 109 Å². The molecule has 5 nitrogen and oxygen atoms in total. The molecule has 1 rings (SSSR count). The summed E-state index contributed by atoms with van der Waals surface area (Å²) in [6.45, 7) is 5.84. The quantitative estimate of drug-likeness (QED) is 0.683. The van der Waals surface area contributed by atoms with Crippen LogP contribution in [0.1, 0.15) is 39.5 Å². The highest BCUT2D eigenvalue weighted by atomic mass is 16.5. The van der Waals surface area contributed by atoms with Crippen LogP contribution in [-0.4, -0.2) is 59.0 Å². The molecule has 0 spiro atoms. The number of ether oxygens (including phenoxy) is 1. The first-order valence-electron chi connectivity index (χ1n) is 6.81. The molecule has 2 unspecified atom stereocenters. The van der Waals surface area contributed by atoms with E-state index in [1.54, 1.807) is 0 Å². The average Bonchev–Trinajstić information content (AvgIpc) is 2.71. The first kappa shape index (κ1) is 15.4. The van der Waals surface area contributed by atoms with E-state index in [2.05, 4.69) is 0 Å². The molecule has 0 amide bonds. The Morgan fingerprint density at radius 3 is 2.78 bits per heavy atom. The number of nitrogens with zero attached hydrogens (tertiary/aromatic N) is 1. The third-order valence-corrected chi connectivity index (χ3v) is 3.63. The first-order valence-corrected chi connectivity index (χ1v) is 6.81. The lowest BCUT2D eigenvalue weighted by Crippen LogP contribution is -2.53. The van der Waals surface area contributed by atoms with E-state index < -0.39 is 17.6 Å². The van der Waals surface area contributed by atoms with Crippen LogP contribution in [-0.2, 0) is 9.53 Å². The largest absolute Gasteiger partial charge is 0.480 e. The summed E-state index contributed by atoms with van der Waals surface area (Å²) in [5, 5.41) is 19.4.